The van der Waals surface area contributed by atoms with Gasteiger partial charge >= 0.3 is 0 Å². The van der Waals surface area contributed by atoms with E-state index in [0.29, 0.717) is 0 Å². The molecular formula is C19H21N3O2. The molecule has 5 nitrogen and oxygen atoms in total. The molecule has 1 aliphatic heterocycles. The van der Waals surface area contributed by atoms with Crippen molar-refractivity contribution in [2.24, 2.45) is 7.05 Å². The molecule has 0 N–H and O–H groups in total. The third kappa shape index (κ3) is 2.55. The highest BCUT2D eigenvalue weighted by molar-refractivity contribution is 5.80. The second-order valence-corrected chi connectivity index (χ2v) is 6.50. The lowest BCUT2D eigenvalue weighted by molar-refractivity contribution is 0.0982. The van der Waals surface area contributed by atoms with Crippen LogP contribution in [0.25, 0.3) is 22.4 Å². The maximum absolute atomic E-state index is 12.0. The molecule has 2 aromatic heterocycles. The van der Waals surface area contributed by atoms with Crippen LogP contribution in [0.3, 0.4) is 0 Å². The maximum atomic E-state index is 12.0. The second kappa shape index (κ2) is 5.91. The Morgan fingerprint density at radius 3 is 2.92 bits per heavy atom. The molecule has 0 saturated carbocycles. The number of benzene rings is 1. The van der Waals surface area contributed by atoms with E-state index in [1.807, 2.05) is 37.4 Å². The van der Waals surface area contributed by atoms with Crippen LogP contribution in [0.2, 0.25) is 0 Å². The van der Waals surface area contributed by atoms with Gasteiger partial charge in [-0.3, -0.25) is 4.79 Å². The van der Waals surface area contributed by atoms with Crippen molar-refractivity contribution in [3.63, 3.8) is 0 Å². The van der Waals surface area contributed by atoms with Crippen LogP contribution in [0.1, 0.15) is 18.4 Å². The lowest BCUT2D eigenvalue weighted by Gasteiger charge is -2.15. The molecule has 0 aliphatic carbocycles. The van der Waals surface area contributed by atoms with Gasteiger partial charge in [0.05, 0.1) is 23.7 Å². The number of imidazole rings is 1. The van der Waals surface area contributed by atoms with E-state index in [2.05, 4.69) is 10.6 Å². The van der Waals surface area contributed by atoms with Gasteiger partial charge in [-0.05, 0) is 38.0 Å². The average Bonchev–Trinajstić information content (AvgIpc) is 3.21. The highest BCUT2D eigenvalue weighted by Crippen LogP contribution is 2.27. The number of ether oxygens (including phenoxy) is 1. The van der Waals surface area contributed by atoms with Gasteiger partial charge in [0.1, 0.15) is 5.82 Å². The summed E-state index contributed by atoms with van der Waals surface area (Å²) in [5.74, 6) is 0.894. The van der Waals surface area contributed by atoms with Crippen molar-refractivity contribution >= 4 is 11.0 Å². The highest BCUT2D eigenvalue weighted by Gasteiger charge is 2.20. The van der Waals surface area contributed by atoms with E-state index in [4.69, 9.17) is 9.72 Å². The molecule has 0 unspecified atom stereocenters. The fraction of sp³-hybridized carbons (Fsp3) is 0.368. The summed E-state index contributed by atoms with van der Waals surface area (Å²) in [6.45, 7) is 3.47. The number of fused-ring (bicyclic) bond motifs is 1. The van der Waals surface area contributed by atoms with Crippen LogP contribution in [0.4, 0.5) is 0 Å². The van der Waals surface area contributed by atoms with Crippen molar-refractivity contribution < 1.29 is 4.74 Å². The van der Waals surface area contributed by atoms with E-state index in [0.717, 1.165) is 54.0 Å². The van der Waals surface area contributed by atoms with Crippen molar-refractivity contribution in [1.29, 1.82) is 0 Å². The van der Waals surface area contributed by atoms with E-state index in [9.17, 15) is 4.79 Å². The first-order chi connectivity index (χ1) is 11.6. The number of rotatable bonds is 3. The number of pyridine rings is 1. The molecule has 0 amide bonds. The van der Waals surface area contributed by atoms with Crippen molar-refractivity contribution in [2.45, 2.75) is 32.4 Å². The summed E-state index contributed by atoms with van der Waals surface area (Å²) in [6.07, 6.45) is 4.29. The fourth-order valence-electron chi connectivity index (χ4n) is 3.47. The molecule has 5 heteroatoms. The van der Waals surface area contributed by atoms with E-state index in [1.54, 1.807) is 11.6 Å². The van der Waals surface area contributed by atoms with Crippen LogP contribution in [0.5, 0.6) is 0 Å². The summed E-state index contributed by atoms with van der Waals surface area (Å²) in [7, 11) is 1.78. The molecule has 1 atom stereocenters. The molecule has 1 aromatic carbocycles. The Morgan fingerprint density at radius 2 is 2.17 bits per heavy atom. The minimum absolute atomic E-state index is 0.0283. The molecule has 1 saturated heterocycles. The van der Waals surface area contributed by atoms with Crippen LogP contribution in [-0.2, 0) is 18.3 Å². The zero-order chi connectivity index (χ0) is 16.7. The number of hydrogen-bond acceptors (Lipinski definition) is 3. The zero-order valence-electron chi connectivity index (χ0n) is 14.0. The SMILES string of the molecule is Cc1cc(-c2nc3ccccc3n2C[C@H]2CCCO2)cn(C)c1=O. The monoisotopic (exact) mass is 323 g/mol. The van der Waals surface area contributed by atoms with Crippen LogP contribution < -0.4 is 5.56 Å². The van der Waals surface area contributed by atoms with Gasteiger partial charge in [0.2, 0.25) is 0 Å². The second-order valence-electron chi connectivity index (χ2n) is 6.50. The summed E-state index contributed by atoms with van der Waals surface area (Å²) < 4.78 is 9.68. The molecular weight excluding hydrogens is 302 g/mol. The summed E-state index contributed by atoms with van der Waals surface area (Å²) in [5.41, 5.74) is 3.79. The zero-order valence-corrected chi connectivity index (χ0v) is 14.0. The quantitative estimate of drug-likeness (QED) is 0.745. The lowest BCUT2D eigenvalue weighted by atomic mass is 10.2. The number of para-hydroxylation sites is 2. The molecule has 0 radical (unpaired) electrons. The molecule has 0 spiro atoms. The first-order valence-electron chi connectivity index (χ1n) is 8.38. The fourth-order valence-corrected chi connectivity index (χ4v) is 3.47. The van der Waals surface area contributed by atoms with Gasteiger partial charge in [0, 0.05) is 31.0 Å². The Morgan fingerprint density at radius 1 is 1.33 bits per heavy atom. The van der Waals surface area contributed by atoms with Crippen LogP contribution in [-0.4, -0.2) is 26.8 Å². The number of nitrogens with zero attached hydrogens (tertiary/aromatic N) is 3. The Balaban J connectivity index is 1.89. The van der Waals surface area contributed by atoms with Crippen LogP contribution in [0.15, 0.2) is 41.3 Å². The molecule has 4 rings (SSSR count). The smallest absolute Gasteiger partial charge is 0.253 e. The minimum atomic E-state index is 0.0283. The van der Waals surface area contributed by atoms with E-state index in [-0.39, 0.29) is 11.7 Å². The molecule has 24 heavy (non-hydrogen) atoms. The Hall–Kier alpha value is -2.40. The lowest BCUT2D eigenvalue weighted by Crippen LogP contribution is -2.20. The van der Waals surface area contributed by atoms with Crippen molar-refractivity contribution in [3.8, 4) is 11.4 Å². The summed E-state index contributed by atoms with van der Waals surface area (Å²) in [5, 5.41) is 0. The van der Waals surface area contributed by atoms with Crippen LogP contribution in [0, 0.1) is 6.92 Å². The number of hydrogen-bond donors (Lipinski definition) is 0. The highest BCUT2D eigenvalue weighted by atomic mass is 16.5. The van der Waals surface area contributed by atoms with Gasteiger partial charge in [-0.15, -0.1) is 0 Å². The van der Waals surface area contributed by atoms with E-state index in [1.165, 1.54) is 0 Å². The summed E-state index contributed by atoms with van der Waals surface area (Å²) in [6, 6.07) is 10.1. The number of aryl methyl sites for hydroxylation is 2. The molecule has 1 aliphatic rings. The van der Waals surface area contributed by atoms with Gasteiger partial charge in [0.15, 0.2) is 0 Å². The largest absolute Gasteiger partial charge is 0.376 e. The molecule has 3 heterocycles. The van der Waals surface area contributed by atoms with Crippen molar-refractivity contribution in [1.82, 2.24) is 14.1 Å². The summed E-state index contributed by atoms with van der Waals surface area (Å²) in [4.78, 5) is 16.8. The first kappa shape index (κ1) is 15.1. The van der Waals surface area contributed by atoms with Gasteiger partial charge in [-0.25, -0.2) is 4.98 Å². The minimum Gasteiger partial charge on any atom is -0.376 e. The van der Waals surface area contributed by atoms with Gasteiger partial charge in [0.25, 0.3) is 5.56 Å². The maximum Gasteiger partial charge on any atom is 0.253 e. The molecule has 124 valence electrons. The normalized spacial score (nSPS) is 17.7. The Kier molecular flexibility index (Phi) is 3.73. The van der Waals surface area contributed by atoms with Crippen LogP contribution >= 0.6 is 0 Å². The first-order valence-corrected chi connectivity index (χ1v) is 8.38. The molecule has 3 aromatic rings. The topological polar surface area (TPSA) is 49.0 Å². The third-order valence-electron chi connectivity index (χ3n) is 4.69. The van der Waals surface area contributed by atoms with Gasteiger partial charge < -0.3 is 13.9 Å². The number of aromatic nitrogens is 3. The molecule has 0 bridgehead atoms. The Labute approximate surface area is 140 Å². The van der Waals surface area contributed by atoms with Gasteiger partial charge in [-0.2, -0.15) is 0 Å². The Bertz CT molecular complexity index is 923. The predicted octanol–water partition coefficient (Wildman–Crippen LogP) is 2.89. The average molecular weight is 323 g/mol. The third-order valence-corrected chi connectivity index (χ3v) is 4.69. The molecule has 1 fully saturated rings. The van der Waals surface area contributed by atoms with E-state index >= 15 is 0 Å². The van der Waals surface area contributed by atoms with Crippen molar-refractivity contribution in [2.75, 3.05) is 6.61 Å². The van der Waals surface area contributed by atoms with Crippen molar-refractivity contribution in [3.05, 3.63) is 52.4 Å². The standard InChI is InChI=1S/C19H21N3O2/c1-13-10-14(11-21(2)19(13)23)18-20-16-7-3-4-8-17(16)22(18)12-15-6-5-9-24-15/h3-4,7-8,10-11,15H,5-6,9,12H2,1-2H3/t15-/m1/s1. The predicted molar refractivity (Wildman–Crippen MR) is 94.1 cm³/mol. The van der Waals surface area contributed by atoms with E-state index < -0.39 is 0 Å². The van der Waals surface area contributed by atoms with Gasteiger partial charge in [-0.1, -0.05) is 12.1 Å². The summed E-state index contributed by atoms with van der Waals surface area (Å²) >= 11 is 0.